The SMILES string of the molecule is CC(C)(CN)NC(=O)CCCc1ncc(-c2ccccc2)o1.Cl.Cl. The lowest BCUT2D eigenvalue weighted by atomic mass is 10.1. The summed E-state index contributed by atoms with van der Waals surface area (Å²) in [6.07, 6.45) is 3.50. The monoisotopic (exact) mass is 373 g/mol. The normalized spacial score (nSPS) is 10.5. The molecule has 0 fully saturated rings. The molecule has 1 heterocycles. The van der Waals surface area contributed by atoms with Crippen LogP contribution in [0.4, 0.5) is 0 Å². The molecule has 3 N–H and O–H groups in total. The largest absolute Gasteiger partial charge is 0.441 e. The second-order valence-corrected chi connectivity index (χ2v) is 5.97. The first-order valence-corrected chi connectivity index (χ1v) is 7.51. The Morgan fingerprint density at radius 2 is 1.92 bits per heavy atom. The summed E-state index contributed by atoms with van der Waals surface area (Å²) in [5, 5.41) is 2.91. The summed E-state index contributed by atoms with van der Waals surface area (Å²) in [5.41, 5.74) is 6.24. The fourth-order valence-electron chi connectivity index (χ4n) is 2.05. The van der Waals surface area contributed by atoms with Gasteiger partial charge in [-0.3, -0.25) is 4.79 Å². The van der Waals surface area contributed by atoms with Crippen LogP contribution in [-0.4, -0.2) is 23.0 Å². The third-order valence-corrected chi connectivity index (χ3v) is 3.39. The maximum Gasteiger partial charge on any atom is 0.220 e. The van der Waals surface area contributed by atoms with Crippen molar-refractivity contribution in [2.45, 2.75) is 38.6 Å². The number of nitrogens with two attached hydrogens (primary N) is 1. The highest BCUT2D eigenvalue weighted by Gasteiger charge is 2.17. The quantitative estimate of drug-likeness (QED) is 0.779. The Hall–Kier alpha value is -1.56. The highest BCUT2D eigenvalue weighted by atomic mass is 35.5. The number of benzene rings is 1. The van der Waals surface area contributed by atoms with Gasteiger partial charge in [-0.15, -0.1) is 24.8 Å². The van der Waals surface area contributed by atoms with Crippen LogP contribution >= 0.6 is 24.8 Å². The van der Waals surface area contributed by atoms with Crippen LogP contribution in [0.5, 0.6) is 0 Å². The van der Waals surface area contributed by atoms with Crippen molar-refractivity contribution >= 4 is 30.7 Å². The predicted octanol–water partition coefficient (Wildman–Crippen LogP) is 3.36. The zero-order chi connectivity index (χ0) is 16.0. The van der Waals surface area contributed by atoms with Crippen LogP contribution in [0.25, 0.3) is 11.3 Å². The Morgan fingerprint density at radius 1 is 1.25 bits per heavy atom. The van der Waals surface area contributed by atoms with Crippen LogP contribution in [0.15, 0.2) is 40.9 Å². The van der Waals surface area contributed by atoms with Crippen molar-refractivity contribution in [3.8, 4) is 11.3 Å². The van der Waals surface area contributed by atoms with E-state index >= 15 is 0 Å². The molecule has 1 aromatic heterocycles. The van der Waals surface area contributed by atoms with Crippen LogP contribution < -0.4 is 11.1 Å². The molecule has 0 bridgehead atoms. The first kappa shape index (κ1) is 22.4. The van der Waals surface area contributed by atoms with E-state index in [4.69, 9.17) is 10.2 Å². The number of amides is 1. The molecule has 0 saturated carbocycles. The lowest BCUT2D eigenvalue weighted by Crippen LogP contribution is -2.48. The van der Waals surface area contributed by atoms with E-state index in [2.05, 4.69) is 10.3 Å². The number of nitrogens with zero attached hydrogens (tertiary/aromatic N) is 1. The molecule has 0 unspecified atom stereocenters. The van der Waals surface area contributed by atoms with Crippen LogP contribution in [0.2, 0.25) is 0 Å². The van der Waals surface area contributed by atoms with Crippen LogP contribution in [-0.2, 0) is 11.2 Å². The molecule has 0 aliphatic heterocycles. The molecule has 134 valence electrons. The van der Waals surface area contributed by atoms with E-state index in [0.717, 1.165) is 11.3 Å². The molecule has 0 atom stereocenters. The van der Waals surface area contributed by atoms with Gasteiger partial charge in [0.1, 0.15) is 0 Å². The topological polar surface area (TPSA) is 81.1 Å². The fourth-order valence-corrected chi connectivity index (χ4v) is 2.05. The molecule has 0 spiro atoms. The van der Waals surface area contributed by atoms with Gasteiger partial charge in [-0.1, -0.05) is 30.3 Å². The van der Waals surface area contributed by atoms with Gasteiger partial charge in [0.25, 0.3) is 0 Å². The van der Waals surface area contributed by atoms with Gasteiger partial charge in [0.15, 0.2) is 11.7 Å². The van der Waals surface area contributed by atoms with E-state index in [1.54, 1.807) is 6.20 Å². The minimum absolute atomic E-state index is 0. The van der Waals surface area contributed by atoms with Crippen molar-refractivity contribution in [1.82, 2.24) is 10.3 Å². The zero-order valence-corrected chi connectivity index (χ0v) is 15.6. The number of rotatable bonds is 7. The number of carbonyl (C=O) groups is 1. The number of oxazole rings is 1. The number of hydrogen-bond acceptors (Lipinski definition) is 4. The zero-order valence-electron chi connectivity index (χ0n) is 14.0. The highest BCUT2D eigenvalue weighted by molar-refractivity contribution is 5.85. The Balaban J connectivity index is 0.00000264. The average Bonchev–Trinajstić information content (AvgIpc) is 2.96. The van der Waals surface area contributed by atoms with E-state index in [-0.39, 0.29) is 36.3 Å². The number of aromatic nitrogens is 1. The summed E-state index contributed by atoms with van der Waals surface area (Å²) in [4.78, 5) is 16.1. The van der Waals surface area contributed by atoms with Gasteiger partial charge >= 0.3 is 0 Å². The first-order valence-electron chi connectivity index (χ1n) is 7.51. The Kier molecular flexibility index (Phi) is 9.66. The van der Waals surface area contributed by atoms with Crippen molar-refractivity contribution in [2.24, 2.45) is 5.73 Å². The summed E-state index contributed by atoms with van der Waals surface area (Å²) in [7, 11) is 0. The van der Waals surface area contributed by atoms with Gasteiger partial charge in [0.05, 0.1) is 6.20 Å². The van der Waals surface area contributed by atoms with Crippen molar-refractivity contribution < 1.29 is 9.21 Å². The summed E-state index contributed by atoms with van der Waals surface area (Å²) >= 11 is 0. The highest BCUT2D eigenvalue weighted by Crippen LogP contribution is 2.20. The maximum absolute atomic E-state index is 11.8. The van der Waals surface area contributed by atoms with Gasteiger partial charge in [0.2, 0.25) is 5.91 Å². The Labute approximate surface area is 155 Å². The summed E-state index contributed by atoms with van der Waals surface area (Å²) in [6, 6.07) is 9.84. The average molecular weight is 374 g/mol. The van der Waals surface area contributed by atoms with Crippen LogP contribution in [0.1, 0.15) is 32.6 Å². The molecule has 0 aliphatic carbocycles. The van der Waals surface area contributed by atoms with Crippen LogP contribution in [0.3, 0.4) is 0 Å². The lowest BCUT2D eigenvalue weighted by molar-refractivity contribution is -0.122. The third kappa shape index (κ3) is 6.91. The van der Waals surface area contributed by atoms with E-state index in [0.29, 0.717) is 31.7 Å². The standard InChI is InChI=1S/C17H23N3O2.2ClH/c1-17(2,12-18)20-15(21)9-6-10-16-19-11-14(22-16)13-7-4-3-5-8-13;;/h3-5,7-8,11H,6,9-10,12,18H2,1-2H3,(H,20,21);2*1H. The number of hydrogen-bond donors (Lipinski definition) is 2. The molecule has 24 heavy (non-hydrogen) atoms. The second-order valence-electron chi connectivity index (χ2n) is 5.97. The van der Waals surface area contributed by atoms with Crippen molar-refractivity contribution in [3.63, 3.8) is 0 Å². The second kappa shape index (κ2) is 10.3. The molecule has 1 amide bonds. The minimum Gasteiger partial charge on any atom is -0.441 e. The van der Waals surface area contributed by atoms with Crippen molar-refractivity contribution in [2.75, 3.05) is 6.54 Å². The maximum atomic E-state index is 11.8. The lowest BCUT2D eigenvalue weighted by Gasteiger charge is -2.24. The van der Waals surface area contributed by atoms with Gasteiger partial charge in [-0.2, -0.15) is 0 Å². The fraction of sp³-hybridized carbons (Fsp3) is 0.412. The summed E-state index contributed by atoms with van der Waals surface area (Å²) in [5.74, 6) is 1.42. The molecule has 5 nitrogen and oxygen atoms in total. The molecule has 2 rings (SSSR count). The molecule has 2 aromatic rings. The minimum atomic E-state index is -0.361. The van der Waals surface area contributed by atoms with E-state index in [1.165, 1.54) is 0 Å². The van der Waals surface area contributed by atoms with E-state index < -0.39 is 0 Å². The molecule has 0 saturated heterocycles. The number of carbonyl (C=O) groups excluding carboxylic acids is 1. The van der Waals surface area contributed by atoms with Crippen molar-refractivity contribution in [1.29, 1.82) is 0 Å². The molecular weight excluding hydrogens is 349 g/mol. The van der Waals surface area contributed by atoms with E-state index in [9.17, 15) is 4.79 Å². The summed E-state index contributed by atoms with van der Waals surface area (Å²) < 4.78 is 5.71. The first-order chi connectivity index (χ1) is 10.5. The van der Waals surface area contributed by atoms with Crippen LogP contribution in [0, 0.1) is 0 Å². The van der Waals surface area contributed by atoms with Gasteiger partial charge < -0.3 is 15.5 Å². The van der Waals surface area contributed by atoms with Gasteiger partial charge in [-0.05, 0) is 20.3 Å². The Bertz CT molecular complexity index is 615. The molecule has 7 heteroatoms. The molecular formula is C17H25Cl2N3O2. The molecule has 0 aliphatic rings. The molecule has 1 aromatic carbocycles. The van der Waals surface area contributed by atoms with Gasteiger partial charge in [0, 0.05) is 30.5 Å². The van der Waals surface area contributed by atoms with Crippen molar-refractivity contribution in [3.05, 3.63) is 42.4 Å². The smallest absolute Gasteiger partial charge is 0.220 e. The summed E-state index contributed by atoms with van der Waals surface area (Å²) in [6.45, 7) is 4.23. The number of aryl methyl sites for hydroxylation is 1. The Morgan fingerprint density at radius 3 is 2.54 bits per heavy atom. The predicted molar refractivity (Wildman–Crippen MR) is 101 cm³/mol. The molecule has 0 radical (unpaired) electrons. The van der Waals surface area contributed by atoms with Gasteiger partial charge in [-0.25, -0.2) is 4.98 Å². The van der Waals surface area contributed by atoms with E-state index in [1.807, 2.05) is 44.2 Å². The number of halogens is 2. The third-order valence-electron chi connectivity index (χ3n) is 3.39. The number of nitrogens with one attached hydrogen (secondary N) is 1.